The summed E-state index contributed by atoms with van der Waals surface area (Å²) in [5, 5.41) is 0. The van der Waals surface area contributed by atoms with Crippen molar-refractivity contribution in [2.75, 3.05) is 0 Å². The third-order valence-corrected chi connectivity index (χ3v) is 8.68. The SMILES string of the molecule is Cc1cc(-c2ccccc2)sc1C1=C(c2sc(-c3ccccc3)cc2C)C(F)(F)C(F)(F)C1(F)F. The van der Waals surface area contributed by atoms with E-state index in [1.807, 2.05) is 0 Å². The van der Waals surface area contributed by atoms with Gasteiger partial charge in [-0.25, -0.2) is 0 Å². The molecule has 2 aromatic carbocycles. The van der Waals surface area contributed by atoms with Crippen molar-refractivity contribution >= 4 is 33.8 Å². The zero-order chi connectivity index (χ0) is 25.2. The molecule has 0 spiro atoms. The van der Waals surface area contributed by atoms with Gasteiger partial charge in [0.05, 0.1) is 11.1 Å². The lowest BCUT2D eigenvalue weighted by atomic mass is 10.0. The molecule has 0 radical (unpaired) electrons. The first-order valence-corrected chi connectivity index (χ1v) is 12.3. The highest BCUT2D eigenvalue weighted by molar-refractivity contribution is 7.18. The highest BCUT2D eigenvalue weighted by atomic mass is 32.1. The second-order valence-electron chi connectivity index (χ2n) is 8.45. The Balaban J connectivity index is 1.78. The molecule has 1 aliphatic rings. The van der Waals surface area contributed by atoms with Crippen molar-refractivity contribution < 1.29 is 26.3 Å². The smallest absolute Gasteiger partial charge is 0.194 e. The minimum absolute atomic E-state index is 0.243. The van der Waals surface area contributed by atoms with Crippen molar-refractivity contribution in [1.82, 2.24) is 0 Å². The molecule has 0 atom stereocenters. The van der Waals surface area contributed by atoms with E-state index in [-0.39, 0.29) is 20.9 Å². The maximum Gasteiger partial charge on any atom is 0.380 e. The quantitative estimate of drug-likeness (QED) is 0.235. The summed E-state index contributed by atoms with van der Waals surface area (Å²) in [6.07, 6.45) is 0. The minimum atomic E-state index is -5.57. The van der Waals surface area contributed by atoms with Crippen molar-refractivity contribution in [2.45, 2.75) is 31.6 Å². The predicted molar refractivity (Wildman–Crippen MR) is 131 cm³/mol. The summed E-state index contributed by atoms with van der Waals surface area (Å²) in [6.45, 7) is 2.95. The van der Waals surface area contributed by atoms with Gasteiger partial charge in [-0.1, -0.05) is 60.7 Å². The van der Waals surface area contributed by atoms with Crippen LogP contribution in [0.2, 0.25) is 0 Å². The second kappa shape index (κ2) is 8.10. The van der Waals surface area contributed by atoms with Crippen LogP contribution < -0.4 is 0 Å². The van der Waals surface area contributed by atoms with Gasteiger partial charge in [-0.15, -0.1) is 22.7 Å². The lowest BCUT2D eigenvalue weighted by Crippen LogP contribution is -2.48. The van der Waals surface area contributed by atoms with E-state index in [0.29, 0.717) is 20.9 Å². The minimum Gasteiger partial charge on any atom is -0.194 e. The van der Waals surface area contributed by atoms with Crippen molar-refractivity contribution in [3.05, 3.63) is 93.7 Å². The van der Waals surface area contributed by atoms with Crippen molar-refractivity contribution in [3.63, 3.8) is 0 Å². The summed E-state index contributed by atoms with van der Waals surface area (Å²) < 4.78 is 90.6. The van der Waals surface area contributed by atoms with Gasteiger partial charge in [-0.3, -0.25) is 0 Å². The Morgan fingerprint density at radius 1 is 0.543 bits per heavy atom. The predicted octanol–water partition coefficient (Wildman–Crippen LogP) is 9.59. The van der Waals surface area contributed by atoms with Gasteiger partial charge < -0.3 is 0 Å². The van der Waals surface area contributed by atoms with Crippen molar-refractivity contribution in [3.8, 4) is 20.9 Å². The van der Waals surface area contributed by atoms with Crippen LogP contribution in [0.4, 0.5) is 26.3 Å². The number of allylic oxidation sites excluding steroid dienone is 2. The normalized spacial score (nSPS) is 18.3. The van der Waals surface area contributed by atoms with E-state index in [0.717, 1.165) is 22.7 Å². The number of benzene rings is 2. The average Bonchev–Trinajstić information content (AvgIpc) is 3.42. The molecule has 4 aromatic rings. The zero-order valence-corrected chi connectivity index (χ0v) is 20.1. The van der Waals surface area contributed by atoms with Crippen LogP contribution in [-0.2, 0) is 0 Å². The summed E-state index contributed by atoms with van der Waals surface area (Å²) in [7, 11) is 0. The number of rotatable bonds is 4. The van der Waals surface area contributed by atoms with Gasteiger partial charge in [0.1, 0.15) is 0 Å². The average molecular weight is 521 g/mol. The first-order valence-electron chi connectivity index (χ1n) is 10.7. The monoisotopic (exact) mass is 520 g/mol. The number of halogens is 6. The van der Waals surface area contributed by atoms with Crippen molar-refractivity contribution in [2.24, 2.45) is 0 Å². The first kappa shape index (κ1) is 23.9. The third kappa shape index (κ3) is 3.49. The number of thiophene rings is 2. The molecule has 0 fully saturated rings. The molecule has 5 rings (SSSR count). The van der Waals surface area contributed by atoms with E-state index < -0.39 is 28.9 Å². The van der Waals surface area contributed by atoms with E-state index in [9.17, 15) is 8.78 Å². The standard InChI is InChI=1S/C27H18F6S2/c1-15-13-19(17-9-5-3-6-10-17)34-23(15)21-22(26(30,31)27(32,33)25(21,28)29)24-16(2)14-20(35-24)18-11-7-4-8-12-18/h3-14H,1-2H3. The van der Waals surface area contributed by atoms with E-state index in [1.54, 1.807) is 72.8 Å². The van der Waals surface area contributed by atoms with Crippen LogP contribution in [0.1, 0.15) is 20.9 Å². The molecule has 180 valence electrons. The third-order valence-electron chi connectivity index (χ3n) is 6.07. The summed E-state index contributed by atoms with van der Waals surface area (Å²) in [4.78, 5) is 0.559. The Bertz CT molecular complexity index is 1320. The van der Waals surface area contributed by atoms with Crippen LogP contribution in [0.25, 0.3) is 32.0 Å². The molecular weight excluding hydrogens is 502 g/mol. The van der Waals surface area contributed by atoms with E-state index in [2.05, 4.69) is 0 Å². The Labute approximate surface area is 206 Å². The Hall–Kier alpha value is -2.84. The summed E-state index contributed by atoms with van der Waals surface area (Å²) in [6, 6.07) is 20.7. The number of hydrogen-bond acceptors (Lipinski definition) is 2. The summed E-state index contributed by atoms with van der Waals surface area (Å²) >= 11 is 1.64. The maximum atomic E-state index is 15.3. The molecule has 0 saturated heterocycles. The van der Waals surface area contributed by atoms with Gasteiger partial charge in [-0.2, -0.15) is 26.3 Å². The molecule has 0 nitrogen and oxygen atoms in total. The van der Waals surface area contributed by atoms with Crippen LogP contribution in [0.5, 0.6) is 0 Å². The highest BCUT2D eigenvalue weighted by Crippen LogP contribution is 2.66. The molecule has 0 aliphatic heterocycles. The summed E-state index contributed by atoms with van der Waals surface area (Å²) in [5.41, 5.74) is -0.720. The molecule has 8 heteroatoms. The molecule has 0 N–H and O–H groups in total. The van der Waals surface area contributed by atoms with E-state index >= 15 is 17.6 Å². The first-order chi connectivity index (χ1) is 16.5. The van der Waals surface area contributed by atoms with Gasteiger partial charge in [0.25, 0.3) is 0 Å². The molecule has 2 heterocycles. The molecule has 0 saturated carbocycles. The Morgan fingerprint density at radius 2 is 0.886 bits per heavy atom. The fourth-order valence-corrected chi connectivity index (χ4v) is 6.81. The van der Waals surface area contributed by atoms with Crippen molar-refractivity contribution in [1.29, 1.82) is 0 Å². The maximum absolute atomic E-state index is 15.3. The number of hydrogen-bond donors (Lipinski definition) is 0. The fraction of sp³-hybridized carbons (Fsp3) is 0.185. The molecule has 2 aromatic heterocycles. The molecular formula is C27H18F6S2. The van der Waals surface area contributed by atoms with Gasteiger partial charge in [0, 0.05) is 19.5 Å². The van der Waals surface area contributed by atoms with Crippen LogP contribution in [-0.4, -0.2) is 17.8 Å². The Kier molecular flexibility index (Phi) is 5.53. The molecule has 35 heavy (non-hydrogen) atoms. The van der Waals surface area contributed by atoms with Gasteiger partial charge in [0.2, 0.25) is 0 Å². The Morgan fingerprint density at radius 3 is 1.23 bits per heavy atom. The van der Waals surface area contributed by atoms with Crippen LogP contribution >= 0.6 is 22.7 Å². The van der Waals surface area contributed by atoms with Crippen LogP contribution in [0, 0.1) is 13.8 Å². The zero-order valence-electron chi connectivity index (χ0n) is 18.5. The topological polar surface area (TPSA) is 0 Å². The molecule has 0 bridgehead atoms. The van der Waals surface area contributed by atoms with Gasteiger partial charge >= 0.3 is 17.8 Å². The largest absolute Gasteiger partial charge is 0.380 e. The molecule has 1 aliphatic carbocycles. The van der Waals surface area contributed by atoms with E-state index in [1.165, 1.54) is 13.8 Å². The highest BCUT2D eigenvalue weighted by Gasteiger charge is 2.80. The van der Waals surface area contributed by atoms with E-state index in [4.69, 9.17) is 0 Å². The van der Waals surface area contributed by atoms with Gasteiger partial charge in [0.15, 0.2) is 0 Å². The van der Waals surface area contributed by atoms with Crippen LogP contribution in [0.3, 0.4) is 0 Å². The summed E-state index contributed by atoms with van der Waals surface area (Å²) in [5.74, 6) is -15.7. The second-order valence-corrected chi connectivity index (χ2v) is 10.6. The molecule has 0 amide bonds. The van der Waals surface area contributed by atoms with Gasteiger partial charge in [-0.05, 0) is 48.2 Å². The lowest BCUT2D eigenvalue weighted by Gasteiger charge is -2.25. The number of aryl methyl sites for hydroxylation is 2. The number of alkyl halides is 6. The molecule has 0 unspecified atom stereocenters. The lowest BCUT2D eigenvalue weighted by molar-refractivity contribution is -0.254. The fourth-order valence-electron chi connectivity index (χ4n) is 4.29. The van der Waals surface area contributed by atoms with Crippen LogP contribution in [0.15, 0.2) is 72.8 Å².